The lowest BCUT2D eigenvalue weighted by Gasteiger charge is -2.30. The Labute approximate surface area is 133 Å². The lowest BCUT2D eigenvalue weighted by Crippen LogP contribution is -2.64. The van der Waals surface area contributed by atoms with Gasteiger partial charge in [0.05, 0.1) is 11.6 Å². The van der Waals surface area contributed by atoms with E-state index in [0.717, 1.165) is 13.0 Å². The molecule has 0 saturated carbocycles. The van der Waals surface area contributed by atoms with Gasteiger partial charge in [0.1, 0.15) is 0 Å². The Morgan fingerprint density at radius 3 is 2.61 bits per heavy atom. The molecule has 1 aromatic carbocycles. The lowest BCUT2D eigenvalue weighted by atomic mass is 9.90. The normalized spacial score (nSPS) is 21.0. The summed E-state index contributed by atoms with van der Waals surface area (Å²) in [5.41, 5.74) is -4.76. The van der Waals surface area contributed by atoms with E-state index in [2.05, 4.69) is 0 Å². The van der Waals surface area contributed by atoms with Crippen LogP contribution in [0.4, 0.5) is 13.2 Å². The van der Waals surface area contributed by atoms with E-state index in [-0.39, 0.29) is 16.3 Å². The summed E-state index contributed by atoms with van der Waals surface area (Å²) in [6, 6.07) is 6.54. The number of nitriles is 1. The molecule has 0 saturated heterocycles. The number of allylic oxidation sites excluding steroid dienone is 1. The highest BCUT2D eigenvalue weighted by Gasteiger charge is 2.67. The smallest absolute Gasteiger partial charge is 0.326 e. The number of halogens is 4. The van der Waals surface area contributed by atoms with Crippen molar-refractivity contribution in [3.8, 4) is 6.07 Å². The van der Waals surface area contributed by atoms with Crippen LogP contribution in [0.3, 0.4) is 0 Å². The second-order valence-electron chi connectivity index (χ2n) is 4.78. The number of benzene rings is 1. The maximum atomic E-state index is 13.5. The number of carbonyl (C=O) groups excluding carboxylic acids is 2. The number of amides is 2. The molecule has 0 radical (unpaired) electrons. The third-order valence-corrected chi connectivity index (χ3v) is 3.55. The molecule has 0 unspecified atom stereocenters. The minimum absolute atomic E-state index is 0.141. The summed E-state index contributed by atoms with van der Waals surface area (Å²) in [7, 11) is 0. The molecule has 1 aliphatic heterocycles. The van der Waals surface area contributed by atoms with Gasteiger partial charge < -0.3 is 10.6 Å². The van der Waals surface area contributed by atoms with Crippen molar-refractivity contribution in [2.24, 2.45) is 0 Å². The second kappa shape index (κ2) is 5.59. The highest BCUT2D eigenvalue weighted by atomic mass is 35.5. The van der Waals surface area contributed by atoms with E-state index in [0.29, 0.717) is 0 Å². The molecule has 2 rings (SSSR count). The molecule has 0 spiro atoms. The van der Waals surface area contributed by atoms with Crippen molar-refractivity contribution >= 4 is 23.4 Å². The average molecular weight is 344 g/mol. The molecule has 1 heterocycles. The molecule has 1 aliphatic rings. The quantitative estimate of drug-likeness (QED) is 0.864. The molecule has 1 aromatic rings. The summed E-state index contributed by atoms with van der Waals surface area (Å²) >= 11 is 5.69. The Bertz CT molecular complexity index is 767. The van der Waals surface area contributed by atoms with Gasteiger partial charge in [0.2, 0.25) is 0 Å². The van der Waals surface area contributed by atoms with Crippen molar-refractivity contribution < 1.29 is 22.8 Å². The first kappa shape index (κ1) is 16.8. The molecule has 120 valence electrons. The summed E-state index contributed by atoms with van der Waals surface area (Å²) in [5, 5.41) is 12.7. The Hall–Kier alpha value is -2.53. The van der Waals surface area contributed by atoms with Gasteiger partial charge in [0.15, 0.2) is 0 Å². The molecule has 23 heavy (non-hydrogen) atoms. The standard InChI is InChI=1S/C14H9ClF3N3O2/c1-7-10(6-19)13(12(23)20-7,14(16,17)18)21-11(22)8-3-2-4-9(15)5-8/h2-5H,1H3,(H,20,23)(H,21,22)/t13-/m1/s1. The van der Waals surface area contributed by atoms with E-state index in [1.807, 2.05) is 5.32 Å². The highest BCUT2D eigenvalue weighted by Crippen LogP contribution is 2.40. The Kier molecular flexibility index (Phi) is 4.09. The van der Waals surface area contributed by atoms with Gasteiger partial charge in [0.25, 0.3) is 17.4 Å². The van der Waals surface area contributed by atoms with Crippen molar-refractivity contribution in [2.45, 2.75) is 18.6 Å². The van der Waals surface area contributed by atoms with Crippen LogP contribution in [0, 0.1) is 11.3 Å². The molecular weight excluding hydrogens is 335 g/mol. The zero-order valence-electron chi connectivity index (χ0n) is 11.6. The fourth-order valence-corrected chi connectivity index (χ4v) is 2.41. The van der Waals surface area contributed by atoms with Gasteiger partial charge in [0, 0.05) is 16.3 Å². The number of nitrogens with zero attached hydrogens (tertiary/aromatic N) is 1. The highest BCUT2D eigenvalue weighted by molar-refractivity contribution is 6.31. The number of rotatable bonds is 2. The largest absolute Gasteiger partial charge is 0.425 e. The zero-order valence-corrected chi connectivity index (χ0v) is 12.3. The fraction of sp³-hybridized carbons (Fsp3) is 0.214. The van der Waals surface area contributed by atoms with E-state index in [9.17, 15) is 22.8 Å². The first-order chi connectivity index (χ1) is 10.6. The van der Waals surface area contributed by atoms with Gasteiger partial charge in [-0.3, -0.25) is 9.59 Å². The zero-order chi connectivity index (χ0) is 17.4. The van der Waals surface area contributed by atoms with Crippen LogP contribution in [0.2, 0.25) is 5.02 Å². The molecule has 5 nitrogen and oxygen atoms in total. The van der Waals surface area contributed by atoms with Crippen LogP contribution < -0.4 is 10.6 Å². The van der Waals surface area contributed by atoms with Crippen LogP contribution in [-0.4, -0.2) is 23.5 Å². The molecular formula is C14H9ClF3N3O2. The fourth-order valence-electron chi connectivity index (χ4n) is 2.22. The van der Waals surface area contributed by atoms with E-state index < -0.39 is 29.1 Å². The van der Waals surface area contributed by atoms with Gasteiger partial charge in [-0.1, -0.05) is 17.7 Å². The van der Waals surface area contributed by atoms with Crippen molar-refractivity contribution in [3.05, 3.63) is 46.1 Å². The number of carbonyl (C=O) groups is 2. The maximum absolute atomic E-state index is 13.5. The summed E-state index contributed by atoms with van der Waals surface area (Å²) in [5.74, 6) is -2.71. The van der Waals surface area contributed by atoms with E-state index in [4.69, 9.17) is 16.9 Å². The number of nitrogens with one attached hydrogen (secondary N) is 2. The monoisotopic (exact) mass is 343 g/mol. The molecule has 0 aromatic heterocycles. The predicted octanol–water partition coefficient (Wildman–Crippen LogP) is 2.30. The van der Waals surface area contributed by atoms with Gasteiger partial charge in [-0.15, -0.1) is 0 Å². The summed E-state index contributed by atoms with van der Waals surface area (Å²) < 4.78 is 40.6. The van der Waals surface area contributed by atoms with Gasteiger partial charge in [-0.2, -0.15) is 18.4 Å². The second-order valence-corrected chi connectivity index (χ2v) is 5.21. The molecule has 0 fully saturated rings. The van der Waals surface area contributed by atoms with Crippen LogP contribution in [0.5, 0.6) is 0 Å². The number of hydrogen-bond donors (Lipinski definition) is 2. The third kappa shape index (κ3) is 2.64. The Morgan fingerprint density at radius 2 is 2.09 bits per heavy atom. The topological polar surface area (TPSA) is 82.0 Å². The maximum Gasteiger partial charge on any atom is 0.425 e. The van der Waals surface area contributed by atoms with Gasteiger partial charge in [-0.05, 0) is 25.1 Å². The number of alkyl halides is 3. The molecule has 0 bridgehead atoms. The average Bonchev–Trinajstić information content (AvgIpc) is 2.69. The van der Waals surface area contributed by atoms with E-state index >= 15 is 0 Å². The Balaban J connectivity index is 2.53. The Morgan fingerprint density at radius 1 is 1.43 bits per heavy atom. The van der Waals surface area contributed by atoms with Gasteiger partial charge in [-0.25, -0.2) is 0 Å². The third-order valence-electron chi connectivity index (χ3n) is 3.32. The van der Waals surface area contributed by atoms with Crippen LogP contribution in [0.25, 0.3) is 0 Å². The van der Waals surface area contributed by atoms with Crippen molar-refractivity contribution in [3.63, 3.8) is 0 Å². The van der Waals surface area contributed by atoms with Crippen LogP contribution in [0.1, 0.15) is 17.3 Å². The van der Waals surface area contributed by atoms with Crippen molar-refractivity contribution in [1.82, 2.24) is 10.6 Å². The van der Waals surface area contributed by atoms with Crippen LogP contribution in [0.15, 0.2) is 35.5 Å². The van der Waals surface area contributed by atoms with Crippen LogP contribution in [-0.2, 0) is 4.79 Å². The van der Waals surface area contributed by atoms with E-state index in [1.165, 1.54) is 24.3 Å². The minimum Gasteiger partial charge on any atom is -0.326 e. The molecule has 2 amide bonds. The van der Waals surface area contributed by atoms with Crippen molar-refractivity contribution in [2.75, 3.05) is 0 Å². The molecule has 9 heteroatoms. The minimum atomic E-state index is -5.20. The predicted molar refractivity (Wildman–Crippen MR) is 74.2 cm³/mol. The van der Waals surface area contributed by atoms with Crippen molar-refractivity contribution in [1.29, 1.82) is 5.26 Å². The molecule has 1 atom stereocenters. The SMILES string of the molecule is CC1=C(C#N)[C@](NC(=O)c2cccc(Cl)c2)(C(F)(F)F)C(=O)N1. The van der Waals surface area contributed by atoms with E-state index in [1.54, 1.807) is 5.32 Å². The summed E-state index contributed by atoms with van der Waals surface area (Å²) in [6.07, 6.45) is -5.20. The van der Waals surface area contributed by atoms with Gasteiger partial charge >= 0.3 is 6.18 Å². The molecule has 0 aliphatic carbocycles. The first-order valence-electron chi connectivity index (χ1n) is 6.21. The summed E-state index contributed by atoms with van der Waals surface area (Å²) in [6.45, 7) is 1.15. The lowest BCUT2D eigenvalue weighted by molar-refractivity contribution is -0.184. The van der Waals surface area contributed by atoms with Crippen LogP contribution >= 0.6 is 11.6 Å². The molecule has 2 N–H and O–H groups in total. The number of hydrogen-bond acceptors (Lipinski definition) is 3. The first-order valence-corrected chi connectivity index (χ1v) is 6.59. The summed E-state index contributed by atoms with van der Waals surface area (Å²) in [4.78, 5) is 24.0.